The molecule has 1 saturated heterocycles. The second kappa shape index (κ2) is 7.45. The molecule has 128 valence electrons. The molecule has 1 heterocycles. The number of benzene rings is 2. The van der Waals surface area contributed by atoms with Crippen LogP contribution in [0, 0.1) is 23.1 Å². The first kappa shape index (κ1) is 17.1. The molecule has 0 radical (unpaired) electrons. The van der Waals surface area contributed by atoms with Gasteiger partial charge in [0.05, 0.1) is 17.7 Å². The van der Waals surface area contributed by atoms with E-state index in [2.05, 4.69) is 0 Å². The Morgan fingerprint density at radius 1 is 1.20 bits per heavy atom. The van der Waals surface area contributed by atoms with Crippen LogP contribution in [-0.2, 0) is 0 Å². The zero-order valence-corrected chi connectivity index (χ0v) is 13.7. The van der Waals surface area contributed by atoms with Gasteiger partial charge in [-0.1, -0.05) is 18.2 Å². The van der Waals surface area contributed by atoms with Crippen molar-refractivity contribution in [2.24, 2.45) is 5.92 Å². The zero-order valence-electron chi connectivity index (χ0n) is 13.7. The van der Waals surface area contributed by atoms with Gasteiger partial charge in [0.2, 0.25) is 0 Å². The molecule has 2 aromatic rings. The number of hydrogen-bond donors (Lipinski definition) is 1. The molecule has 0 aliphatic carbocycles. The van der Waals surface area contributed by atoms with E-state index in [1.807, 2.05) is 6.07 Å². The van der Waals surface area contributed by atoms with Crippen LogP contribution < -0.4 is 0 Å². The number of carbonyl (C=O) groups excluding carboxylic acids is 1. The zero-order chi connectivity index (χ0) is 17.8. The molecule has 1 atom stereocenters. The van der Waals surface area contributed by atoms with Crippen molar-refractivity contribution in [2.75, 3.05) is 13.1 Å². The van der Waals surface area contributed by atoms with Crippen molar-refractivity contribution in [1.82, 2.24) is 4.90 Å². The first-order valence-corrected chi connectivity index (χ1v) is 8.31. The van der Waals surface area contributed by atoms with Gasteiger partial charge in [-0.05, 0) is 54.7 Å². The van der Waals surface area contributed by atoms with Crippen LogP contribution in [0.4, 0.5) is 4.39 Å². The molecule has 1 aliphatic rings. The molecule has 1 fully saturated rings. The van der Waals surface area contributed by atoms with E-state index in [4.69, 9.17) is 5.26 Å². The van der Waals surface area contributed by atoms with E-state index in [0.717, 1.165) is 0 Å². The fourth-order valence-corrected chi connectivity index (χ4v) is 3.25. The lowest BCUT2D eigenvalue weighted by atomic mass is 9.87. The summed E-state index contributed by atoms with van der Waals surface area (Å²) in [7, 11) is 0. The van der Waals surface area contributed by atoms with Crippen molar-refractivity contribution in [3.8, 4) is 6.07 Å². The van der Waals surface area contributed by atoms with E-state index in [1.54, 1.807) is 41.3 Å². The molecule has 3 rings (SSSR count). The van der Waals surface area contributed by atoms with Crippen molar-refractivity contribution in [2.45, 2.75) is 18.9 Å². The van der Waals surface area contributed by atoms with Gasteiger partial charge in [-0.2, -0.15) is 5.26 Å². The molecule has 0 bridgehead atoms. The number of carbonyl (C=O) groups is 1. The molecule has 1 unspecified atom stereocenters. The number of rotatable bonds is 3. The summed E-state index contributed by atoms with van der Waals surface area (Å²) in [5, 5.41) is 19.4. The maximum absolute atomic E-state index is 13.0. The SMILES string of the molecule is N#Cc1cccc(C(=O)N2CCC(C(O)c3ccc(F)cc3)CC2)c1. The van der Waals surface area contributed by atoms with Crippen LogP contribution in [0.15, 0.2) is 48.5 Å². The molecule has 1 amide bonds. The van der Waals surface area contributed by atoms with Crippen molar-refractivity contribution in [1.29, 1.82) is 5.26 Å². The van der Waals surface area contributed by atoms with Crippen LogP contribution in [0.2, 0.25) is 0 Å². The molecule has 25 heavy (non-hydrogen) atoms. The summed E-state index contributed by atoms with van der Waals surface area (Å²) in [6.07, 6.45) is 0.713. The maximum Gasteiger partial charge on any atom is 0.253 e. The molecule has 1 aliphatic heterocycles. The van der Waals surface area contributed by atoms with Crippen LogP contribution in [-0.4, -0.2) is 29.0 Å². The predicted molar refractivity (Wildman–Crippen MR) is 91.1 cm³/mol. The van der Waals surface area contributed by atoms with Gasteiger partial charge in [-0.15, -0.1) is 0 Å². The van der Waals surface area contributed by atoms with Crippen LogP contribution in [0.1, 0.15) is 40.4 Å². The van der Waals surface area contributed by atoms with E-state index < -0.39 is 6.10 Å². The largest absolute Gasteiger partial charge is 0.388 e. The highest BCUT2D eigenvalue weighted by Crippen LogP contribution is 2.31. The summed E-state index contributed by atoms with van der Waals surface area (Å²) in [6, 6.07) is 14.6. The third-order valence-electron chi connectivity index (χ3n) is 4.72. The highest BCUT2D eigenvalue weighted by molar-refractivity contribution is 5.94. The second-order valence-electron chi connectivity index (χ2n) is 6.32. The van der Waals surface area contributed by atoms with E-state index in [-0.39, 0.29) is 17.6 Å². The number of amides is 1. The predicted octanol–water partition coefficient (Wildman–Crippen LogP) is 3.28. The molecule has 0 saturated carbocycles. The Kier molecular flexibility index (Phi) is 5.11. The summed E-state index contributed by atoms with van der Waals surface area (Å²) in [6.45, 7) is 1.11. The Labute approximate surface area is 146 Å². The normalized spacial score (nSPS) is 16.3. The number of nitriles is 1. The molecule has 5 heteroatoms. The van der Waals surface area contributed by atoms with Crippen molar-refractivity contribution >= 4 is 5.91 Å². The maximum atomic E-state index is 13.0. The van der Waals surface area contributed by atoms with Gasteiger partial charge < -0.3 is 10.0 Å². The van der Waals surface area contributed by atoms with Gasteiger partial charge in [0.15, 0.2) is 0 Å². The molecule has 2 aromatic carbocycles. The Balaban J connectivity index is 1.62. The Bertz CT molecular complexity index is 790. The number of likely N-dealkylation sites (tertiary alicyclic amines) is 1. The average molecular weight is 338 g/mol. The highest BCUT2D eigenvalue weighted by Gasteiger charge is 2.28. The summed E-state index contributed by atoms with van der Waals surface area (Å²) < 4.78 is 13.0. The van der Waals surface area contributed by atoms with Crippen LogP contribution in [0.5, 0.6) is 0 Å². The number of nitrogens with zero attached hydrogens (tertiary/aromatic N) is 2. The second-order valence-corrected chi connectivity index (χ2v) is 6.32. The van der Waals surface area contributed by atoms with E-state index >= 15 is 0 Å². The van der Waals surface area contributed by atoms with E-state index in [9.17, 15) is 14.3 Å². The Morgan fingerprint density at radius 2 is 1.88 bits per heavy atom. The molecule has 1 N–H and O–H groups in total. The summed E-state index contributed by atoms with van der Waals surface area (Å²) in [4.78, 5) is 14.3. The summed E-state index contributed by atoms with van der Waals surface area (Å²) >= 11 is 0. The van der Waals surface area contributed by atoms with Crippen molar-refractivity contribution < 1.29 is 14.3 Å². The van der Waals surface area contributed by atoms with Crippen LogP contribution in [0.25, 0.3) is 0 Å². The fourth-order valence-electron chi connectivity index (χ4n) is 3.25. The topological polar surface area (TPSA) is 64.3 Å². The first-order valence-electron chi connectivity index (χ1n) is 8.31. The number of aliphatic hydroxyl groups is 1. The molecular weight excluding hydrogens is 319 g/mol. The molecular formula is C20H19FN2O2. The van der Waals surface area contributed by atoms with Crippen molar-refractivity contribution in [3.05, 3.63) is 71.0 Å². The standard InChI is InChI=1S/C20H19FN2O2/c21-18-6-4-15(5-7-18)19(24)16-8-10-23(11-9-16)20(25)17-3-1-2-14(12-17)13-22/h1-7,12,16,19,24H,8-11H2. The third kappa shape index (κ3) is 3.86. The van der Waals surface area contributed by atoms with Gasteiger partial charge in [0, 0.05) is 18.7 Å². The lowest BCUT2D eigenvalue weighted by molar-refractivity contribution is 0.0462. The Morgan fingerprint density at radius 3 is 2.52 bits per heavy atom. The highest BCUT2D eigenvalue weighted by atomic mass is 19.1. The van der Waals surface area contributed by atoms with Crippen molar-refractivity contribution in [3.63, 3.8) is 0 Å². The Hall–Kier alpha value is -2.71. The third-order valence-corrected chi connectivity index (χ3v) is 4.72. The van der Waals surface area contributed by atoms with Crippen LogP contribution >= 0.6 is 0 Å². The van der Waals surface area contributed by atoms with Gasteiger partial charge in [0.1, 0.15) is 5.82 Å². The first-order chi connectivity index (χ1) is 12.1. The summed E-state index contributed by atoms with van der Waals surface area (Å²) in [5.41, 5.74) is 1.68. The van der Waals surface area contributed by atoms with E-state index in [1.165, 1.54) is 12.1 Å². The van der Waals surface area contributed by atoms with Crippen LogP contribution in [0.3, 0.4) is 0 Å². The molecule has 4 nitrogen and oxygen atoms in total. The smallest absolute Gasteiger partial charge is 0.253 e. The van der Waals surface area contributed by atoms with Gasteiger partial charge in [-0.25, -0.2) is 4.39 Å². The average Bonchev–Trinajstić information content (AvgIpc) is 2.67. The summed E-state index contributed by atoms with van der Waals surface area (Å²) in [5.74, 6) is -0.372. The minimum absolute atomic E-state index is 0.0416. The minimum atomic E-state index is -0.653. The quantitative estimate of drug-likeness (QED) is 0.934. The fraction of sp³-hybridized carbons (Fsp3) is 0.300. The number of aliphatic hydroxyl groups excluding tert-OH is 1. The number of piperidine rings is 1. The van der Waals surface area contributed by atoms with Gasteiger partial charge in [0.25, 0.3) is 5.91 Å². The number of hydrogen-bond acceptors (Lipinski definition) is 3. The van der Waals surface area contributed by atoms with E-state index in [0.29, 0.717) is 42.6 Å². The molecule has 0 spiro atoms. The number of halogens is 1. The minimum Gasteiger partial charge on any atom is -0.388 e. The monoisotopic (exact) mass is 338 g/mol. The lowest BCUT2D eigenvalue weighted by Crippen LogP contribution is -2.39. The molecule has 0 aromatic heterocycles. The lowest BCUT2D eigenvalue weighted by Gasteiger charge is -2.34. The van der Waals surface area contributed by atoms with Gasteiger partial charge in [-0.3, -0.25) is 4.79 Å². The van der Waals surface area contributed by atoms with Gasteiger partial charge >= 0.3 is 0 Å².